The number of aromatic nitrogens is 2. The third kappa shape index (κ3) is 3.46. The molecule has 106 valence electrons. The molecule has 1 aliphatic heterocycles. The van der Waals surface area contributed by atoms with Crippen molar-refractivity contribution in [2.45, 2.75) is 31.5 Å². The van der Waals surface area contributed by atoms with E-state index in [9.17, 15) is 0 Å². The van der Waals surface area contributed by atoms with E-state index in [1.807, 2.05) is 23.1 Å². The summed E-state index contributed by atoms with van der Waals surface area (Å²) in [5.74, 6) is 0. The fraction of sp³-hybridized carbons (Fsp3) is 0.438. The lowest BCUT2D eigenvalue weighted by molar-refractivity contribution is 0.0739. The molecule has 1 aromatic heterocycles. The molecule has 0 spiro atoms. The first-order chi connectivity index (χ1) is 9.92. The number of rotatable bonds is 5. The van der Waals surface area contributed by atoms with Gasteiger partial charge in [0.1, 0.15) is 0 Å². The van der Waals surface area contributed by atoms with Crippen molar-refractivity contribution in [1.82, 2.24) is 15.1 Å². The third-order valence-corrected chi connectivity index (χ3v) is 3.79. The fourth-order valence-electron chi connectivity index (χ4n) is 2.68. The molecule has 1 aromatic carbocycles. The van der Waals surface area contributed by atoms with Crippen molar-refractivity contribution in [2.75, 3.05) is 13.2 Å². The zero-order valence-electron chi connectivity index (χ0n) is 11.6. The van der Waals surface area contributed by atoms with Gasteiger partial charge in [-0.1, -0.05) is 30.3 Å². The van der Waals surface area contributed by atoms with Crippen LogP contribution >= 0.6 is 0 Å². The molecule has 2 aromatic rings. The van der Waals surface area contributed by atoms with Crippen LogP contribution in [-0.2, 0) is 11.3 Å². The first-order valence-corrected chi connectivity index (χ1v) is 7.28. The number of hydrogen-bond acceptors (Lipinski definition) is 3. The van der Waals surface area contributed by atoms with E-state index in [0.717, 1.165) is 32.6 Å². The molecule has 4 heteroatoms. The highest BCUT2D eigenvalue weighted by Gasteiger charge is 2.19. The lowest BCUT2D eigenvalue weighted by Crippen LogP contribution is -2.39. The van der Waals surface area contributed by atoms with E-state index >= 15 is 0 Å². The van der Waals surface area contributed by atoms with Gasteiger partial charge in [-0.2, -0.15) is 5.10 Å². The molecule has 0 amide bonds. The Kier molecular flexibility index (Phi) is 4.46. The fourth-order valence-corrected chi connectivity index (χ4v) is 2.68. The molecular formula is C16H21N3O. The zero-order valence-corrected chi connectivity index (χ0v) is 11.6. The van der Waals surface area contributed by atoms with Crippen molar-refractivity contribution in [3.63, 3.8) is 0 Å². The molecule has 0 radical (unpaired) electrons. The van der Waals surface area contributed by atoms with Gasteiger partial charge in [0.2, 0.25) is 0 Å². The van der Waals surface area contributed by atoms with Crippen molar-refractivity contribution in [3.8, 4) is 0 Å². The lowest BCUT2D eigenvalue weighted by atomic mass is 10.0. The highest BCUT2D eigenvalue weighted by molar-refractivity contribution is 5.19. The number of ether oxygens (including phenoxy) is 1. The molecule has 0 aliphatic carbocycles. The Labute approximate surface area is 119 Å². The second-order valence-corrected chi connectivity index (χ2v) is 5.24. The minimum absolute atomic E-state index is 0.291. The summed E-state index contributed by atoms with van der Waals surface area (Å²) in [6, 6.07) is 13.4. The molecule has 0 bridgehead atoms. The van der Waals surface area contributed by atoms with Gasteiger partial charge in [-0.25, -0.2) is 0 Å². The summed E-state index contributed by atoms with van der Waals surface area (Å²) in [6.45, 7) is 2.58. The quantitative estimate of drug-likeness (QED) is 0.907. The van der Waals surface area contributed by atoms with Gasteiger partial charge in [-0.3, -0.25) is 4.68 Å². The standard InChI is InChI=1S/C16H21N3O/c1-2-5-14(6-3-1)16(13-19-10-4-9-17-19)18-15-7-11-20-12-8-15/h1-6,9-10,15-16,18H,7-8,11-13H2/t16-/m1/s1. The molecule has 1 atom stereocenters. The summed E-state index contributed by atoms with van der Waals surface area (Å²) in [6.07, 6.45) is 6.02. The summed E-state index contributed by atoms with van der Waals surface area (Å²) in [7, 11) is 0. The van der Waals surface area contributed by atoms with Crippen LogP contribution in [0.5, 0.6) is 0 Å². The van der Waals surface area contributed by atoms with Crippen LogP contribution in [0.15, 0.2) is 48.8 Å². The van der Waals surface area contributed by atoms with Crippen molar-refractivity contribution in [2.24, 2.45) is 0 Å². The maximum absolute atomic E-state index is 5.44. The van der Waals surface area contributed by atoms with E-state index in [-0.39, 0.29) is 0 Å². The summed E-state index contributed by atoms with van der Waals surface area (Å²) >= 11 is 0. The van der Waals surface area contributed by atoms with E-state index in [2.05, 4.69) is 40.7 Å². The monoisotopic (exact) mass is 271 g/mol. The highest BCUT2D eigenvalue weighted by Crippen LogP contribution is 2.18. The number of benzene rings is 1. The summed E-state index contributed by atoms with van der Waals surface area (Å²) in [4.78, 5) is 0. The van der Waals surface area contributed by atoms with E-state index < -0.39 is 0 Å². The van der Waals surface area contributed by atoms with E-state index in [1.54, 1.807) is 0 Å². The van der Waals surface area contributed by atoms with Crippen LogP contribution in [0.25, 0.3) is 0 Å². The Hall–Kier alpha value is -1.65. The van der Waals surface area contributed by atoms with Crippen molar-refractivity contribution >= 4 is 0 Å². The van der Waals surface area contributed by atoms with Crippen LogP contribution in [-0.4, -0.2) is 29.0 Å². The van der Waals surface area contributed by atoms with Gasteiger partial charge in [0.15, 0.2) is 0 Å². The zero-order chi connectivity index (χ0) is 13.6. The second kappa shape index (κ2) is 6.68. The Morgan fingerprint density at radius 2 is 2.00 bits per heavy atom. The Morgan fingerprint density at radius 1 is 1.20 bits per heavy atom. The van der Waals surface area contributed by atoms with Crippen LogP contribution in [0.1, 0.15) is 24.4 Å². The summed E-state index contributed by atoms with van der Waals surface area (Å²) in [5, 5.41) is 8.10. The smallest absolute Gasteiger partial charge is 0.0604 e. The maximum Gasteiger partial charge on any atom is 0.0604 e. The van der Waals surface area contributed by atoms with E-state index in [1.165, 1.54) is 5.56 Å². The maximum atomic E-state index is 5.44. The SMILES string of the molecule is c1ccc([C@@H](Cn2cccn2)NC2CCOCC2)cc1. The van der Waals surface area contributed by atoms with Gasteiger partial charge >= 0.3 is 0 Å². The molecule has 1 aliphatic rings. The number of hydrogen-bond donors (Lipinski definition) is 1. The van der Waals surface area contributed by atoms with E-state index in [0.29, 0.717) is 12.1 Å². The first-order valence-electron chi connectivity index (χ1n) is 7.28. The molecular weight excluding hydrogens is 250 g/mol. The molecule has 20 heavy (non-hydrogen) atoms. The average molecular weight is 271 g/mol. The van der Waals surface area contributed by atoms with Crippen molar-refractivity contribution in [1.29, 1.82) is 0 Å². The number of nitrogens with zero attached hydrogens (tertiary/aromatic N) is 2. The molecule has 0 saturated carbocycles. The molecule has 0 unspecified atom stereocenters. The summed E-state index contributed by atoms with van der Waals surface area (Å²) in [5.41, 5.74) is 1.31. The molecule has 1 saturated heterocycles. The Balaban J connectivity index is 1.72. The molecule has 3 rings (SSSR count). The van der Waals surface area contributed by atoms with Crippen molar-refractivity contribution in [3.05, 3.63) is 54.4 Å². The van der Waals surface area contributed by atoms with Gasteiger partial charge in [0.05, 0.1) is 12.6 Å². The summed E-state index contributed by atoms with van der Waals surface area (Å²) < 4.78 is 7.43. The van der Waals surface area contributed by atoms with Gasteiger partial charge < -0.3 is 10.1 Å². The molecule has 4 nitrogen and oxygen atoms in total. The van der Waals surface area contributed by atoms with Gasteiger partial charge in [-0.15, -0.1) is 0 Å². The molecule has 2 heterocycles. The van der Waals surface area contributed by atoms with Gasteiger partial charge in [-0.05, 0) is 24.5 Å². The van der Waals surface area contributed by atoms with Crippen LogP contribution in [0, 0.1) is 0 Å². The Morgan fingerprint density at radius 3 is 2.70 bits per heavy atom. The minimum Gasteiger partial charge on any atom is -0.381 e. The number of nitrogens with one attached hydrogen (secondary N) is 1. The molecule has 1 N–H and O–H groups in total. The van der Waals surface area contributed by atoms with Crippen LogP contribution in [0.3, 0.4) is 0 Å². The van der Waals surface area contributed by atoms with Crippen LogP contribution in [0.2, 0.25) is 0 Å². The Bertz CT molecular complexity index is 492. The lowest BCUT2D eigenvalue weighted by Gasteiger charge is -2.29. The van der Waals surface area contributed by atoms with Crippen LogP contribution in [0.4, 0.5) is 0 Å². The minimum atomic E-state index is 0.291. The van der Waals surface area contributed by atoms with Gasteiger partial charge in [0, 0.05) is 31.6 Å². The van der Waals surface area contributed by atoms with E-state index in [4.69, 9.17) is 4.74 Å². The highest BCUT2D eigenvalue weighted by atomic mass is 16.5. The van der Waals surface area contributed by atoms with Crippen LogP contribution < -0.4 is 5.32 Å². The molecule has 1 fully saturated rings. The topological polar surface area (TPSA) is 39.1 Å². The van der Waals surface area contributed by atoms with Gasteiger partial charge in [0.25, 0.3) is 0 Å². The van der Waals surface area contributed by atoms with Crippen molar-refractivity contribution < 1.29 is 4.74 Å². The normalized spacial score (nSPS) is 18.0. The second-order valence-electron chi connectivity index (χ2n) is 5.24. The third-order valence-electron chi connectivity index (χ3n) is 3.79. The first kappa shape index (κ1) is 13.3. The predicted molar refractivity (Wildman–Crippen MR) is 78.4 cm³/mol. The predicted octanol–water partition coefficient (Wildman–Crippen LogP) is 2.39. The largest absolute Gasteiger partial charge is 0.381 e. The average Bonchev–Trinajstić information content (AvgIpc) is 3.02.